The van der Waals surface area contributed by atoms with Crippen molar-refractivity contribution in [3.8, 4) is 0 Å². The molecule has 6 nitrogen and oxygen atoms in total. The van der Waals surface area contributed by atoms with Crippen molar-refractivity contribution in [3.05, 3.63) is 35.6 Å². The van der Waals surface area contributed by atoms with Gasteiger partial charge in [0.05, 0.1) is 11.5 Å². The highest BCUT2D eigenvalue weighted by atomic mass is 32.2. The Labute approximate surface area is 122 Å². The first-order valence-corrected chi connectivity index (χ1v) is 8.18. The van der Waals surface area contributed by atoms with Crippen molar-refractivity contribution in [2.45, 2.75) is 12.2 Å². The molecule has 0 amide bonds. The summed E-state index contributed by atoms with van der Waals surface area (Å²) in [5, 5.41) is 9.44. The van der Waals surface area contributed by atoms with Crippen molar-refractivity contribution in [1.29, 1.82) is 0 Å². The van der Waals surface area contributed by atoms with Crippen LogP contribution in [0.1, 0.15) is 22.5 Å². The first-order valence-electron chi connectivity index (χ1n) is 6.36. The van der Waals surface area contributed by atoms with Gasteiger partial charge in [-0.3, -0.25) is 0 Å². The van der Waals surface area contributed by atoms with Crippen LogP contribution in [-0.4, -0.2) is 39.0 Å². The molecule has 1 aromatic heterocycles. The highest BCUT2D eigenvalue weighted by Crippen LogP contribution is 2.22. The molecule has 0 aliphatic carbocycles. The fourth-order valence-electron chi connectivity index (χ4n) is 2.04. The molecular weight excluding hydrogens is 296 g/mol. The van der Waals surface area contributed by atoms with Crippen LogP contribution < -0.4 is 0 Å². The van der Waals surface area contributed by atoms with E-state index in [1.165, 1.54) is 13.2 Å². The van der Waals surface area contributed by atoms with Gasteiger partial charge >= 0.3 is 5.97 Å². The van der Waals surface area contributed by atoms with E-state index in [2.05, 4.69) is 0 Å². The van der Waals surface area contributed by atoms with Gasteiger partial charge in [-0.2, -0.15) is 0 Å². The highest BCUT2D eigenvalue weighted by Gasteiger charge is 2.14. The molecule has 114 valence electrons. The number of aromatic carboxylic acids is 1. The topological polar surface area (TPSA) is 93.8 Å². The molecule has 0 unspecified atom stereocenters. The summed E-state index contributed by atoms with van der Waals surface area (Å²) in [5.74, 6) is -1.34. The normalized spacial score (nSPS) is 11.9. The molecule has 0 aliphatic heterocycles. The smallest absolute Gasteiger partial charge is 0.371 e. The first kappa shape index (κ1) is 15.5. The van der Waals surface area contributed by atoms with Crippen LogP contribution in [0.15, 0.2) is 28.7 Å². The number of hydrogen-bond acceptors (Lipinski definition) is 5. The molecule has 2 rings (SSSR count). The highest BCUT2D eigenvalue weighted by molar-refractivity contribution is 7.90. The third kappa shape index (κ3) is 4.05. The zero-order valence-electron chi connectivity index (χ0n) is 11.5. The summed E-state index contributed by atoms with van der Waals surface area (Å²) in [6.45, 7) is 0.405. The summed E-state index contributed by atoms with van der Waals surface area (Å²) in [6.07, 6.45) is 0.454. The standard InChI is InChI=1S/C14H16O6S/c1-19-5-2-6-21(17,18)9-10-3-4-12-11(7-10)8-13(20-12)14(15)16/h3-4,7-8H,2,5-6,9H2,1H3,(H,15,16). The maximum absolute atomic E-state index is 12.0. The molecule has 1 N–H and O–H groups in total. The Kier molecular flexibility index (Phi) is 4.64. The average Bonchev–Trinajstić information content (AvgIpc) is 2.81. The summed E-state index contributed by atoms with van der Waals surface area (Å²) < 4.78 is 33.9. The molecular formula is C14H16O6S. The molecule has 0 spiro atoms. The molecule has 7 heteroatoms. The van der Waals surface area contributed by atoms with Gasteiger partial charge in [-0.15, -0.1) is 0 Å². The SMILES string of the molecule is COCCCS(=O)(=O)Cc1ccc2oc(C(=O)O)cc2c1. The number of hydrogen-bond donors (Lipinski definition) is 1. The lowest BCUT2D eigenvalue weighted by atomic mass is 10.2. The Morgan fingerprint density at radius 3 is 2.76 bits per heavy atom. The zero-order valence-corrected chi connectivity index (χ0v) is 12.4. The summed E-state index contributed by atoms with van der Waals surface area (Å²) >= 11 is 0. The Balaban J connectivity index is 2.17. The van der Waals surface area contributed by atoms with Crippen LogP contribution in [0.2, 0.25) is 0 Å². The first-order chi connectivity index (χ1) is 9.91. The van der Waals surface area contributed by atoms with Crippen molar-refractivity contribution < 1.29 is 27.5 Å². The van der Waals surface area contributed by atoms with Crippen LogP contribution in [0.3, 0.4) is 0 Å². The van der Waals surface area contributed by atoms with E-state index < -0.39 is 15.8 Å². The minimum Gasteiger partial charge on any atom is -0.475 e. The van der Waals surface area contributed by atoms with Crippen LogP contribution in [0.4, 0.5) is 0 Å². The molecule has 0 fully saturated rings. The third-order valence-corrected chi connectivity index (χ3v) is 4.67. The summed E-state index contributed by atoms with van der Waals surface area (Å²) in [6, 6.07) is 6.24. The molecule has 0 bridgehead atoms. The maximum atomic E-state index is 12.0. The van der Waals surface area contributed by atoms with Gasteiger partial charge in [-0.05, 0) is 30.2 Å². The summed E-state index contributed by atoms with van der Waals surface area (Å²) in [4.78, 5) is 10.8. The minimum atomic E-state index is -3.21. The van der Waals surface area contributed by atoms with Gasteiger partial charge in [-0.25, -0.2) is 13.2 Å². The van der Waals surface area contributed by atoms with Gasteiger partial charge < -0.3 is 14.3 Å². The molecule has 0 atom stereocenters. The molecule has 1 aromatic carbocycles. The van der Waals surface area contributed by atoms with Crippen LogP contribution >= 0.6 is 0 Å². The maximum Gasteiger partial charge on any atom is 0.371 e. The van der Waals surface area contributed by atoms with Gasteiger partial charge in [0.25, 0.3) is 0 Å². The summed E-state index contributed by atoms with van der Waals surface area (Å²) in [5.41, 5.74) is 1.03. The van der Waals surface area contributed by atoms with E-state index in [4.69, 9.17) is 14.3 Å². The van der Waals surface area contributed by atoms with E-state index in [9.17, 15) is 13.2 Å². The monoisotopic (exact) mass is 312 g/mol. The van der Waals surface area contributed by atoms with Crippen LogP contribution in [0.5, 0.6) is 0 Å². The summed E-state index contributed by atoms with van der Waals surface area (Å²) in [7, 11) is -1.68. The van der Waals surface area contributed by atoms with Gasteiger partial charge in [0, 0.05) is 19.1 Å². The van der Waals surface area contributed by atoms with Crippen molar-refractivity contribution in [1.82, 2.24) is 0 Å². The van der Waals surface area contributed by atoms with Crippen LogP contribution in [-0.2, 0) is 20.3 Å². The van der Waals surface area contributed by atoms with Crippen molar-refractivity contribution >= 4 is 26.8 Å². The lowest BCUT2D eigenvalue weighted by Crippen LogP contribution is -2.11. The Hall–Kier alpha value is -1.86. The fourth-order valence-corrected chi connectivity index (χ4v) is 3.43. The molecule has 1 heterocycles. The zero-order chi connectivity index (χ0) is 15.5. The second-order valence-corrected chi connectivity index (χ2v) is 6.91. The van der Waals surface area contributed by atoms with E-state index in [1.54, 1.807) is 18.2 Å². The lowest BCUT2D eigenvalue weighted by molar-refractivity contribution is 0.0665. The molecule has 2 aromatic rings. The second-order valence-electron chi connectivity index (χ2n) is 4.73. The Morgan fingerprint density at radius 1 is 1.33 bits per heavy atom. The van der Waals surface area contributed by atoms with Crippen molar-refractivity contribution in [3.63, 3.8) is 0 Å². The van der Waals surface area contributed by atoms with Crippen molar-refractivity contribution in [2.75, 3.05) is 19.5 Å². The van der Waals surface area contributed by atoms with Crippen LogP contribution in [0.25, 0.3) is 11.0 Å². The third-order valence-electron chi connectivity index (χ3n) is 2.98. The van der Waals surface area contributed by atoms with Gasteiger partial charge in [-0.1, -0.05) is 6.07 Å². The molecule has 0 radical (unpaired) electrons. The number of rotatable bonds is 7. The molecule has 0 saturated carbocycles. The number of carboxylic acids is 1. The Bertz CT molecular complexity index is 744. The van der Waals surface area contributed by atoms with Crippen molar-refractivity contribution in [2.24, 2.45) is 0 Å². The van der Waals surface area contributed by atoms with E-state index in [-0.39, 0.29) is 17.3 Å². The van der Waals surface area contributed by atoms with E-state index in [0.29, 0.717) is 29.6 Å². The fraction of sp³-hybridized carbons (Fsp3) is 0.357. The number of sulfone groups is 1. The average molecular weight is 312 g/mol. The number of methoxy groups -OCH3 is 1. The number of ether oxygens (including phenoxy) is 1. The minimum absolute atomic E-state index is 0.0602. The number of fused-ring (bicyclic) bond motifs is 1. The van der Waals surface area contributed by atoms with E-state index in [0.717, 1.165) is 0 Å². The Morgan fingerprint density at radius 2 is 2.10 bits per heavy atom. The van der Waals surface area contributed by atoms with E-state index in [1.807, 2.05) is 0 Å². The number of benzene rings is 1. The number of carbonyl (C=O) groups is 1. The number of carboxylic acid groups (broad SMARTS) is 1. The predicted octanol–water partition coefficient (Wildman–Crippen LogP) is 2.08. The molecule has 21 heavy (non-hydrogen) atoms. The van der Waals surface area contributed by atoms with Gasteiger partial charge in [0.15, 0.2) is 9.84 Å². The van der Waals surface area contributed by atoms with E-state index >= 15 is 0 Å². The lowest BCUT2D eigenvalue weighted by Gasteiger charge is -2.04. The quantitative estimate of drug-likeness (QED) is 0.787. The largest absolute Gasteiger partial charge is 0.475 e. The molecule has 0 aliphatic rings. The van der Waals surface area contributed by atoms with Gasteiger partial charge in [0.2, 0.25) is 5.76 Å². The predicted molar refractivity (Wildman–Crippen MR) is 77.2 cm³/mol. The number of furan rings is 1. The van der Waals surface area contributed by atoms with Crippen LogP contribution in [0, 0.1) is 0 Å². The molecule has 0 saturated heterocycles. The second kappa shape index (κ2) is 6.28. The van der Waals surface area contributed by atoms with Gasteiger partial charge in [0.1, 0.15) is 5.58 Å².